The van der Waals surface area contributed by atoms with E-state index in [1.807, 2.05) is 0 Å². The van der Waals surface area contributed by atoms with Crippen LogP contribution in [0.1, 0.15) is 78.6 Å². The first-order chi connectivity index (χ1) is 9.68. The van der Waals surface area contributed by atoms with Crippen molar-refractivity contribution in [1.29, 1.82) is 0 Å². The van der Waals surface area contributed by atoms with Crippen molar-refractivity contribution in [3.05, 3.63) is 0 Å². The van der Waals surface area contributed by atoms with Crippen molar-refractivity contribution < 1.29 is 4.74 Å². The lowest BCUT2D eigenvalue weighted by molar-refractivity contribution is 0.00890. The van der Waals surface area contributed by atoms with Gasteiger partial charge in [0.1, 0.15) is 0 Å². The summed E-state index contributed by atoms with van der Waals surface area (Å²) in [5, 5.41) is 3.70. The van der Waals surface area contributed by atoms with Crippen LogP contribution in [0.5, 0.6) is 0 Å². The molecular weight excluding hydrogens is 246 g/mol. The zero-order valence-electron chi connectivity index (χ0n) is 14.2. The van der Waals surface area contributed by atoms with Gasteiger partial charge >= 0.3 is 0 Å². The van der Waals surface area contributed by atoms with E-state index in [4.69, 9.17) is 4.74 Å². The molecule has 0 bridgehead atoms. The third-order valence-corrected chi connectivity index (χ3v) is 4.67. The average Bonchev–Trinajstić information content (AvgIpc) is 2.43. The highest BCUT2D eigenvalue weighted by Gasteiger charge is 2.31. The molecule has 1 aliphatic heterocycles. The predicted molar refractivity (Wildman–Crippen MR) is 88.2 cm³/mol. The smallest absolute Gasteiger partial charge is 0.0471 e. The molecule has 0 saturated carbocycles. The molecule has 0 radical (unpaired) electrons. The molecule has 0 spiro atoms. The molecule has 1 aliphatic rings. The molecule has 1 N–H and O–H groups in total. The van der Waals surface area contributed by atoms with Crippen molar-refractivity contribution in [1.82, 2.24) is 5.32 Å². The van der Waals surface area contributed by atoms with Crippen LogP contribution >= 0.6 is 0 Å². The fraction of sp³-hybridized carbons (Fsp3) is 1.00. The lowest BCUT2D eigenvalue weighted by Crippen LogP contribution is -2.40. The van der Waals surface area contributed by atoms with E-state index in [1.54, 1.807) is 0 Å². The number of nitrogens with one attached hydrogen (secondary N) is 1. The fourth-order valence-electron chi connectivity index (χ4n) is 3.23. The summed E-state index contributed by atoms with van der Waals surface area (Å²) in [6.45, 7) is 11.2. The Kier molecular flexibility index (Phi) is 9.54. The molecule has 1 saturated heterocycles. The molecular formula is C18H37NO. The monoisotopic (exact) mass is 283 g/mol. The van der Waals surface area contributed by atoms with Crippen LogP contribution in [0.4, 0.5) is 0 Å². The molecule has 0 atom stereocenters. The Hall–Kier alpha value is -0.0800. The Morgan fingerprint density at radius 1 is 1.00 bits per heavy atom. The molecule has 0 amide bonds. The van der Waals surface area contributed by atoms with Gasteiger partial charge in [-0.2, -0.15) is 0 Å². The fourth-order valence-corrected chi connectivity index (χ4v) is 3.23. The third kappa shape index (κ3) is 7.64. The Balaban J connectivity index is 2.24. The van der Waals surface area contributed by atoms with Crippen LogP contribution in [0, 0.1) is 11.3 Å². The van der Waals surface area contributed by atoms with E-state index in [2.05, 4.69) is 26.1 Å². The normalized spacial score (nSPS) is 18.6. The van der Waals surface area contributed by atoms with Crippen LogP contribution < -0.4 is 5.32 Å². The van der Waals surface area contributed by atoms with Gasteiger partial charge in [-0.15, -0.1) is 0 Å². The first-order valence-electron chi connectivity index (χ1n) is 8.97. The van der Waals surface area contributed by atoms with Gasteiger partial charge in [-0.25, -0.2) is 0 Å². The van der Waals surface area contributed by atoms with E-state index in [1.165, 1.54) is 64.3 Å². The molecule has 120 valence electrons. The van der Waals surface area contributed by atoms with Gasteiger partial charge in [-0.1, -0.05) is 59.3 Å². The second kappa shape index (κ2) is 10.6. The highest BCUT2D eigenvalue weighted by molar-refractivity contribution is 4.84. The highest BCUT2D eigenvalue weighted by atomic mass is 16.5. The summed E-state index contributed by atoms with van der Waals surface area (Å²) in [7, 11) is 0. The Labute approximate surface area is 127 Å². The highest BCUT2D eigenvalue weighted by Crippen LogP contribution is 2.35. The zero-order valence-corrected chi connectivity index (χ0v) is 14.2. The minimum atomic E-state index is 0.526. The summed E-state index contributed by atoms with van der Waals surface area (Å²) in [5.41, 5.74) is 0.526. The van der Waals surface area contributed by atoms with Gasteiger partial charge in [-0.05, 0) is 37.1 Å². The second-order valence-corrected chi connectivity index (χ2v) is 7.15. The molecule has 1 rings (SSSR count). The van der Waals surface area contributed by atoms with E-state index in [-0.39, 0.29) is 0 Å². The van der Waals surface area contributed by atoms with Crippen molar-refractivity contribution in [2.45, 2.75) is 78.6 Å². The van der Waals surface area contributed by atoms with Gasteiger partial charge in [0.15, 0.2) is 0 Å². The predicted octanol–water partition coefficient (Wildman–Crippen LogP) is 4.78. The number of ether oxygens (including phenoxy) is 1. The van der Waals surface area contributed by atoms with E-state index < -0.39 is 0 Å². The van der Waals surface area contributed by atoms with E-state index in [0.29, 0.717) is 5.41 Å². The van der Waals surface area contributed by atoms with E-state index in [9.17, 15) is 0 Å². The van der Waals surface area contributed by atoms with E-state index >= 15 is 0 Å². The lowest BCUT2D eigenvalue weighted by Gasteiger charge is -2.38. The van der Waals surface area contributed by atoms with Gasteiger partial charge in [0.05, 0.1) is 0 Å². The second-order valence-electron chi connectivity index (χ2n) is 7.15. The molecule has 1 fully saturated rings. The largest absolute Gasteiger partial charge is 0.381 e. The maximum absolute atomic E-state index is 5.58. The maximum Gasteiger partial charge on any atom is 0.0471 e. The first kappa shape index (κ1) is 18.0. The summed E-state index contributed by atoms with van der Waals surface area (Å²) in [5.74, 6) is 0.751. The number of unbranched alkanes of at least 4 members (excludes halogenated alkanes) is 5. The van der Waals surface area contributed by atoms with Crippen molar-refractivity contribution in [2.24, 2.45) is 11.3 Å². The summed E-state index contributed by atoms with van der Waals surface area (Å²) in [6, 6.07) is 0. The van der Waals surface area contributed by atoms with Gasteiger partial charge in [-0.3, -0.25) is 0 Å². The Morgan fingerprint density at radius 3 is 2.30 bits per heavy atom. The van der Waals surface area contributed by atoms with Gasteiger partial charge in [0, 0.05) is 19.8 Å². The van der Waals surface area contributed by atoms with Gasteiger partial charge in [0.2, 0.25) is 0 Å². The van der Waals surface area contributed by atoms with Crippen LogP contribution in [0.3, 0.4) is 0 Å². The van der Waals surface area contributed by atoms with Crippen LogP contribution in [-0.2, 0) is 4.74 Å². The number of rotatable bonds is 11. The number of hydrogen-bond acceptors (Lipinski definition) is 2. The number of hydrogen-bond donors (Lipinski definition) is 1. The maximum atomic E-state index is 5.58. The van der Waals surface area contributed by atoms with E-state index in [0.717, 1.165) is 25.7 Å². The average molecular weight is 284 g/mol. The Morgan fingerprint density at radius 2 is 1.65 bits per heavy atom. The summed E-state index contributed by atoms with van der Waals surface area (Å²) < 4.78 is 5.58. The van der Waals surface area contributed by atoms with Crippen LogP contribution in [0.2, 0.25) is 0 Å². The molecule has 20 heavy (non-hydrogen) atoms. The summed E-state index contributed by atoms with van der Waals surface area (Å²) in [4.78, 5) is 0. The topological polar surface area (TPSA) is 21.3 Å². The van der Waals surface area contributed by atoms with Crippen molar-refractivity contribution in [3.8, 4) is 0 Å². The summed E-state index contributed by atoms with van der Waals surface area (Å²) in [6.07, 6.45) is 12.4. The minimum absolute atomic E-state index is 0.526. The molecule has 0 aliphatic carbocycles. The lowest BCUT2D eigenvalue weighted by atomic mass is 9.75. The quantitative estimate of drug-likeness (QED) is 0.551. The molecule has 0 unspecified atom stereocenters. The van der Waals surface area contributed by atoms with Crippen molar-refractivity contribution in [2.75, 3.05) is 26.3 Å². The van der Waals surface area contributed by atoms with Crippen molar-refractivity contribution >= 4 is 0 Å². The molecule has 2 heteroatoms. The van der Waals surface area contributed by atoms with Crippen LogP contribution in [0.15, 0.2) is 0 Å². The summed E-state index contributed by atoms with van der Waals surface area (Å²) >= 11 is 0. The molecule has 2 nitrogen and oxygen atoms in total. The molecule has 1 heterocycles. The molecule has 0 aromatic carbocycles. The van der Waals surface area contributed by atoms with Crippen LogP contribution in [-0.4, -0.2) is 26.3 Å². The SMILES string of the molecule is CCCCCCCCC1(CNCC(C)C)CCOCC1. The Bertz CT molecular complexity index is 221. The zero-order chi connectivity index (χ0) is 14.7. The molecule has 0 aromatic rings. The first-order valence-corrected chi connectivity index (χ1v) is 8.97. The van der Waals surface area contributed by atoms with Crippen LogP contribution in [0.25, 0.3) is 0 Å². The standard InChI is InChI=1S/C18H37NO/c1-4-5-6-7-8-9-10-18(11-13-20-14-12-18)16-19-15-17(2)3/h17,19H,4-16H2,1-3H3. The van der Waals surface area contributed by atoms with Gasteiger partial charge in [0.25, 0.3) is 0 Å². The third-order valence-electron chi connectivity index (χ3n) is 4.67. The molecule has 0 aromatic heterocycles. The van der Waals surface area contributed by atoms with Gasteiger partial charge < -0.3 is 10.1 Å². The minimum Gasteiger partial charge on any atom is -0.381 e. The van der Waals surface area contributed by atoms with Crippen molar-refractivity contribution in [3.63, 3.8) is 0 Å².